The van der Waals surface area contributed by atoms with Crippen LogP contribution in [0.4, 0.5) is 0 Å². The Kier molecular flexibility index (Phi) is 14.0. The van der Waals surface area contributed by atoms with Crippen LogP contribution in [0.3, 0.4) is 0 Å². The Morgan fingerprint density at radius 3 is 1.25 bits per heavy atom. The number of hydrogen-bond acceptors (Lipinski definition) is 13. The van der Waals surface area contributed by atoms with Gasteiger partial charge >= 0.3 is 11.9 Å². The molecule has 0 aromatic carbocycles. The second kappa shape index (κ2) is 17.1. The number of aromatic nitrogens is 4. The van der Waals surface area contributed by atoms with E-state index >= 15 is 0 Å². The van der Waals surface area contributed by atoms with Crippen molar-refractivity contribution in [3.8, 4) is 0 Å². The van der Waals surface area contributed by atoms with Crippen molar-refractivity contribution in [3.63, 3.8) is 0 Å². The van der Waals surface area contributed by atoms with Crippen molar-refractivity contribution in [2.45, 2.75) is 63.1 Å². The van der Waals surface area contributed by atoms with Gasteiger partial charge in [0.15, 0.2) is 11.6 Å². The van der Waals surface area contributed by atoms with Gasteiger partial charge in [0.05, 0.1) is 46.7 Å². The summed E-state index contributed by atoms with van der Waals surface area (Å²) in [6, 6.07) is -2.50. The Hall–Kier alpha value is -4.25. The molecule has 4 atom stereocenters. The first-order valence-electron chi connectivity index (χ1n) is 13.1. The van der Waals surface area contributed by atoms with Crippen molar-refractivity contribution < 1.29 is 43.8 Å². The summed E-state index contributed by atoms with van der Waals surface area (Å²) in [5.74, 6) is -4.86. The van der Waals surface area contributed by atoms with E-state index in [2.05, 4.69) is 30.6 Å². The summed E-state index contributed by atoms with van der Waals surface area (Å²) in [5, 5.41) is 22.2. The predicted octanol–water partition coefficient (Wildman–Crippen LogP) is 1.45. The van der Waals surface area contributed by atoms with Crippen molar-refractivity contribution in [1.29, 1.82) is 0 Å². The molecule has 0 fully saturated rings. The number of carbonyl (C=O) groups is 7. The number of nitrogens with one attached hydrogen (secondary N) is 2. The molecule has 0 aliphatic heterocycles. The average Bonchev–Trinajstić information content (AvgIpc) is 2.95. The fourth-order valence-electron chi connectivity index (χ4n) is 3.63. The van der Waals surface area contributed by atoms with Gasteiger partial charge in [0, 0.05) is 52.0 Å². The van der Waals surface area contributed by atoms with Gasteiger partial charge in [-0.2, -0.15) is 0 Å². The van der Waals surface area contributed by atoms with Gasteiger partial charge in [0.25, 0.3) is 0 Å². The van der Waals surface area contributed by atoms with E-state index in [1.807, 2.05) is 0 Å². The minimum atomic E-state index is -1.27. The van der Waals surface area contributed by atoms with Crippen LogP contribution in [0.1, 0.15) is 83.4 Å². The van der Waals surface area contributed by atoms with E-state index in [0.717, 1.165) is 23.5 Å². The molecule has 4 N–H and O–H groups in total. The summed E-state index contributed by atoms with van der Waals surface area (Å²) in [7, 11) is 0. The largest absolute Gasteiger partial charge is 0.480 e. The number of hydrogen-bond donors (Lipinski definition) is 4. The number of nitrogens with zero attached hydrogens (tertiary/aromatic N) is 4. The minimum Gasteiger partial charge on any atom is -0.480 e. The molecule has 2 amide bonds. The lowest BCUT2D eigenvalue weighted by molar-refractivity contribution is -0.141. The Labute approximate surface area is 260 Å². The summed E-state index contributed by atoms with van der Waals surface area (Å²) < 4.78 is 0. The van der Waals surface area contributed by atoms with Crippen LogP contribution in [0.2, 0.25) is 0 Å². The van der Waals surface area contributed by atoms with Crippen LogP contribution >= 0.6 is 23.5 Å². The maximum absolute atomic E-state index is 13.5. The van der Waals surface area contributed by atoms with Crippen molar-refractivity contribution in [1.82, 2.24) is 30.6 Å². The second-order valence-electron chi connectivity index (χ2n) is 9.54. The number of ketones is 3. The van der Waals surface area contributed by atoms with Gasteiger partial charge in [-0.15, -0.1) is 23.5 Å². The lowest BCUT2D eigenvalue weighted by Crippen LogP contribution is -2.41. The third-order valence-corrected chi connectivity index (χ3v) is 8.50. The van der Waals surface area contributed by atoms with Crippen molar-refractivity contribution in [2.75, 3.05) is 11.5 Å². The lowest BCUT2D eigenvalue weighted by Gasteiger charge is -2.21. The highest BCUT2D eigenvalue weighted by Crippen LogP contribution is 2.36. The van der Waals surface area contributed by atoms with E-state index in [0.29, 0.717) is 11.4 Å². The molecule has 0 aliphatic rings. The molecule has 0 radical (unpaired) electrons. The molecule has 44 heavy (non-hydrogen) atoms. The first kappa shape index (κ1) is 35.9. The van der Waals surface area contributed by atoms with E-state index < -0.39 is 46.3 Å². The number of aliphatic carboxylic acids is 2. The molecule has 4 unspecified atom stereocenters. The first-order valence-corrected chi connectivity index (χ1v) is 15.2. The molecule has 236 valence electrons. The van der Waals surface area contributed by atoms with Crippen LogP contribution in [-0.4, -0.2) is 94.8 Å². The van der Waals surface area contributed by atoms with Gasteiger partial charge in [-0.25, -0.2) is 19.6 Å². The minimum absolute atomic E-state index is 0.0988. The number of rotatable bonds is 18. The monoisotopic (exact) mass is 648 g/mol. The Bertz CT molecular complexity index is 1290. The van der Waals surface area contributed by atoms with Crippen LogP contribution in [0.5, 0.6) is 0 Å². The zero-order valence-electron chi connectivity index (χ0n) is 24.3. The molecule has 15 nitrogen and oxygen atoms in total. The van der Waals surface area contributed by atoms with Crippen molar-refractivity contribution in [3.05, 3.63) is 47.6 Å². The zero-order valence-corrected chi connectivity index (χ0v) is 25.9. The maximum Gasteiger partial charge on any atom is 0.327 e. The summed E-state index contributed by atoms with van der Waals surface area (Å²) in [5.41, 5.74) is 0.793. The van der Waals surface area contributed by atoms with E-state index in [4.69, 9.17) is 0 Å². The predicted molar refractivity (Wildman–Crippen MR) is 159 cm³/mol. The van der Waals surface area contributed by atoms with Crippen LogP contribution in [0.25, 0.3) is 0 Å². The normalized spacial score (nSPS) is 13.5. The van der Waals surface area contributed by atoms with Gasteiger partial charge < -0.3 is 20.8 Å². The van der Waals surface area contributed by atoms with E-state index in [-0.39, 0.29) is 53.1 Å². The highest BCUT2D eigenvalue weighted by atomic mass is 32.2. The van der Waals surface area contributed by atoms with Crippen molar-refractivity contribution >= 4 is 64.6 Å². The molecule has 2 heterocycles. The van der Waals surface area contributed by atoms with Gasteiger partial charge in [0.2, 0.25) is 11.8 Å². The van der Waals surface area contributed by atoms with Crippen LogP contribution in [0.15, 0.2) is 24.8 Å². The third kappa shape index (κ3) is 11.8. The number of amides is 2. The smallest absolute Gasteiger partial charge is 0.327 e. The highest BCUT2D eigenvalue weighted by molar-refractivity contribution is 7.99. The molecule has 2 aromatic rings. The first-order chi connectivity index (χ1) is 20.7. The zero-order chi connectivity index (χ0) is 33.0. The average molecular weight is 649 g/mol. The van der Waals surface area contributed by atoms with Gasteiger partial charge in [-0.05, 0) is 0 Å². The van der Waals surface area contributed by atoms with E-state index in [1.165, 1.54) is 52.5 Å². The van der Waals surface area contributed by atoms with Gasteiger partial charge in [0.1, 0.15) is 29.3 Å². The second-order valence-corrected chi connectivity index (χ2v) is 12.0. The highest BCUT2D eigenvalue weighted by Gasteiger charge is 2.28. The third-order valence-electron chi connectivity index (χ3n) is 5.83. The van der Waals surface area contributed by atoms with Crippen LogP contribution < -0.4 is 10.6 Å². The lowest BCUT2D eigenvalue weighted by atomic mass is 10.1. The molecule has 17 heteroatoms. The van der Waals surface area contributed by atoms with Crippen LogP contribution in [-0.2, 0) is 24.0 Å². The molecule has 0 spiro atoms. The van der Waals surface area contributed by atoms with Gasteiger partial charge in [-0.3, -0.25) is 33.9 Å². The van der Waals surface area contributed by atoms with Gasteiger partial charge in [-0.1, -0.05) is 0 Å². The Morgan fingerprint density at radius 1 is 0.636 bits per heavy atom. The molecule has 2 rings (SSSR count). The maximum atomic E-state index is 13.5. The Balaban J connectivity index is 2.34. The Morgan fingerprint density at radius 2 is 1.00 bits per heavy atom. The quantitative estimate of drug-likeness (QED) is 0.167. The van der Waals surface area contributed by atoms with Crippen LogP contribution in [0, 0.1) is 0 Å². The number of Topliss-reactive ketones (excluding diaryl/α,β-unsaturated/α-hetero) is 3. The standard InChI is InChI=1S/C27H32N6O9S2/c1-13(34)18-7-30-20(9-28-18)24(43-11-22(26(39)40)32-15(3)36)5-17(38)6-25(21-10-29-19(8-31-21)14(2)35)44-12-23(27(41)42)33-16(4)37/h7-10,22-25H,5-6,11-12H2,1-4H3,(H,32,36)(H,33,37)(H,39,40)(H,41,42). The number of thioether (sulfide) groups is 2. The number of carboxylic acid groups (broad SMARTS) is 2. The van der Waals surface area contributed by atoms with Crippen molar-refractivity contribution in [2.24, 2.45) is 0 Å². The summed E-state index contributed by atoms with van der Waals surface area (Å²) in [4.78, 5) is 99.8. The fourth-order valence-corrected chi connectivity index (χ4v) is 6.13. The topological polar surface area (TPSA) is 236 Å². The molecular weight excluding hydrogens is 616 g/mol. The molecule has 2 aromatic heterocycles. The van der Waals surface area contributed by atoms with E-state index in [1.54, 1.807) is 0 Å². The SMILES string of the molecule is CC(=O)NC(CSC(CC(=O)CC(SCC(NC(C)=O)C(=O)O)c1cnc(C(C)=O)cn1)c1cnc(C(C)=O)cn1)C(=O)O. The van der Waals surface area contributed by atoms with E-state index in [9.17, 15) is 43.8 Å². The molecule has 0 aliphatic carbocycles. The summed E-state index contributed by atoms with van der Waals surface area (Å²) >= 11 is 2.10. The molecule has 0 saturated heterocycles. The number of carbonyl (C=O) groups excluding carboxylic acids is 5. The molecule has 0 bridgehead atoms. The molecular formula is C27H32N6O9S2. The summed E-state index contributed by atoms with van der Waals surface area (Å²) in [6.07, 6.45) is 4.79. The number of carboxylic acids is 2. The molecule has 0 saturated carbocycles. The fraction of sp³-hybridized carbons (Fsp3) is 0.444. The summed E-state index contributed by atoms with van der Waals surface area (Å²) in [6.45, 7) is 4.99.